The minimum Gasteiger partial charge on any atom is -0.496 e. The molecule has 0 bridgehead atoms. The van der Waals surface area contributed by atoms with Crippen molar-refractivity contribution in [1.29, 1.82) is 0 Å². The Labute approximate surface area is 160 Å². The van der Waals surface area contributed by atoms with Gasteiger partial charge in [0.2, 0.25) is 0 Å². The summed E-state index contributed by atoms with van der Waals surface area (Å²) in [6, 6.07) is 16.6. The van der Waals surface area contributed by atoms with Crippen molar-refractivity contribution < 1.29 is 13.9 Å². The standard InChI is InChI=1S/C21H17FN4O2/c1-26-19(13-7-9-14(22)10-8-13)23-16-11-12-18(24-20(16)26)25-21(27)15-5-3-4-6-17(15)28-2/h3-12H,1-2H3,(H,24,25,27). The molecule has 0 unspecified atom stereocenters. The number of ether oxygens (including phenoxy) is 1. The van der Waals surface area contributed by atoms with Crippen molar-refractivity contribution in [2.75, 3.05) is 12.4 Å². The van der Waals surface area contributed by atoms with Crippen LogP contribution < -0.4 is 10.1 Å². The lowest BCUT2D eigenvalue weighted by Gasteiger charge is -2.08. The molecule has 1 amide bonds. The zero-order chi connectivity index (χ0) is 19.7. The number of fused-ring (bicyclic) bond motifs is 1. The number of carbonyl (C=O) groups is 1. The van der Waals surface area contributed by atoms with Crippen LogP contribution in [0.3, 0.4) is 0 Å². The number of benzene rings is 2. The molecule has 140 valence electrons. The van der Waals surface area contributed by atoms with Crippen molar-refractivity contribution in [3.63, 3.8) is 0 Å². The molecule has 0 atom stereocenters. The van der Waals surface area contributed by atoms with E-state index in [1.807, 2.05) is 7.05 Å². The summed E-state index contributed by atoms with van der Waals surface area (Å²) >= 11 is 0. The summed E-state index contributed by atoms with van der Waals surface area (Å²) in [4.78, 5) is 21.7. The molecule has 1 N–H and O–H groups in total. The van der Waals surface area contributed by atoms with E-state index in [0.29, 0.717) is 34.1 Å². The molecular weight excluding hydrogens is 359 g/mol. The van der Waals surface area contributed by atoms with Gasteiger partial charge < -0.3 is 14.6 Å². The van der Waals surface area contributed by atoms with Crippen LogP contribution in [0.25, 0.3) is 22.6 Å². The van der Waals surface area contributed by atoms with Crippen LogP contribution in [0.1, 0.15) is 10.4 Å². The van der Waals surface area contributed by atoms with Gasteiger partial charge in [-0.25, -0.2) is 14.4 Å². The molecule has 0 aliphatic heterocycles. The monoisotopic (exact) mass is 376 g/mol. The number of rotatable bonds is 4. The van der Waals surface area contributed by atoms with E-state index in [-0.39, 0.29) is 11.7 Å². The number of amides is 1. The molecule has 2 aromatic carbocycles. The van der Waals surface area contributed by atoms with E-state index in [0.717, 1.165) is 5.56 Å². The van der Waals surface area contributed by atoms with Gasteiger partial charge in [-0.2, -0.15) is 0 Å². The zero-order valence-corrected chi connectivity index (χ0v) is 15.3. The van der Waals surface area contributed by atoms with Gasteiger partial charge in [0.05, 0.1) is 12.7 Å². The summed E-state index contributed by atoms with van der Waals surface area (Å²) in [6.45, 7) is 0. The van der Waals surface area contributed by atoms with Crippen LogP contribution >= 0.6 is 0 Å². The summed E-state index contributed by atoms with van der Waals surface area (Å²) in [5, 5.41) is 2.79. The number of halogens is 1. The first-order valence-corrected chi connectivity index (χ1v) is 8.60. The number of nitrogens with one attached hydrogen (secondary N) is 1. The molecule has 0 fully saturated rings. The molecule has 6 nitrogen and oxygen atoms in total. The maximum absolute atomic E-state index is 13.2. The Morgan fingerprint density at radius 3 is 2.54 bits per heavy atom. The Morgan fingerprint density at radius 2 is 1.79 bits per heavy atom. The van der Waals surface area contributed by atoms with Gasteiger partial charge in [0.25, 0.3) is 5.91 Å². The number of imidazole rings is 1. The van der Waals surface area contributed by atoms with Gasteiger partial charge in [-0.1, -0.05) is 12.1 Å². The van der Waals surface area contributed by atoms with E-state index in [4.69, 9.17) is 4.74 Å². The number of carbonyl (C=O) groups excluding carboxylic acids is 1. The average molecular weight is 376 g/mol. The molecule has 0 saturated carbocycles. The summed E-state index contributed by atoms with van der Waals surface area (Å²) in [7, 11) is 3.34. The first-order valence-electron chi connectivity index (χ1n) is 8.60. The fourth-order valence-electron chi connectivity index (χ4n) is 3.01. The first kappa shape index (κ1) is 17.7. The predicted molar refractivity (Wildman–Crippen MR) is 105 cm³/mol. The quantitative estimate of drug-likeness (QED) is 0.584. The third kappa shape index (κ3) is 3.18. The van der Waals surface area contributed by atoms with Crippen molar-refractivity contribution in [3.05, 3.63) is 72.0 Å². The number of aromatic nitrogens is 3. The molecule has 0 spiro atoms. The number of nitrogens with zero attached hydrogens (tertiary/aromatic N) is 3. The van der Waals surface area contributed by atoms with Gasteiger partial charge in [-0.15, -0.1) is 0 Å². The van der Waals surface area contributed by atoms with Crippen LogP contribution in [0.15, 0.2) is 60.7 Å². The fraction of sp³-hybridized carbons (Fsp3) is 0.0952. The molecule has 0 radical (unpaired) electrons. The van der Waals surface area contributed by atoms with Crippen molar-refractivity contribution in [2.24, 2.45) is 7.05 Å². The molecule has 2 aromatic heterocycles. The van der Waals surface area contributed by atoms with E-state index in [1.54, 1.807) is 53.1 Å². The number of methoxy groups -OCH3 is 1. The number of para-hydroxylation sites is 1. The maximum Gasteiger partial charge on any atom is 0.260 e. The van der Waals surface area contributed by atoms with Gasteiger partial charge in [0, 0.05) is 12.6 Å². The Balaban J connectivity index is 1.67. The third-order valence-corrected chi connectivity index (χ3v) is 4.41. The first-order chi connectivity index (χ1) is 13.6. The second-order valence-electron chi connectivity index (χ2n) is 6.19. The predicted octanol–water partition coefficient (Wildman–Crippen LogP) is 4.04. The summed E-state index contributed by atoms with van der Waals surface area (Å²) in [5.41, 5.74) is 2.49. The Morgan fingerprint density at radius 1 is 1.04 bits per heavy atom. The van der Waals surface area contributed by atoms with Crippen LogP contribution in [0.4, 0.5) is 10.2 Å². The molecular formula is C21H17FN4O2. The summed E-state index contributed by atoms with van der Waals surface area (Å²) in [6.07, 6.45) is 0. The van der Waals surface area contributed by atoms with Crippen LogP contribution in [0, 0.1) is 5.82 Å². The van der Waals surface area contributed by atoms with E-state index < -0.39 is 0 Å². The van der Waals surface area contributed by atoms with Gasteiger partial charge >= 0.3 is 0 Å². The fourth-order valence-corrected chi connectivity index (χ4v) is 3.01. The zero-order valence-electron chi connectivity index (χ0n) is 15.3. The number of aryl methyl sites for hydroxylation is 1. The van der Waals surface area contributed by atoms with E-state index >= 15 is 0 Å². The van der Waals surface area contributed by atoms with Crippen molar-refractivity contribution >= 4 is 22.9 Å². The molecule has 0 aliphatic rings. The maximum atomic E-state index is 13.2. The Bertz CT molecular complexity index is 1170. The molecule has 4 aromatic rings. The number of hydrogen-bond acceptors (Lipinski definition) is 4. The summed E-state index contributed by atoms with van der Waals surface area (Å²) in [5.74, 6) is 0.931. The van der Waals surface area contributed by atoms with Crippen LogP contribution in [0.2, 0.25) is 0 Å². The summed E-state index contributed by atoms with van der Waals surface area (Å²) < 4.78 is 20.2. The normalized spacial score (nSPS) is 10.8. The van der Waals surface area contributed by atoms with Gasteiger partial charge in [0.15, 0.2) is 5.65 Å². The highest BCUT2D eigenvalue weighted by Gasteiger charge is 2.15. The molecule has 2 heterocycles. The lowest BCUT2D eigenvalue weighted by atomic mass is 10.2. The highest BCUT2D eigenvalue weighted by Crippen LogP contribution is 2.24. The third-order valence-electron chi connectivity index (χ3n) is 4.41. The van der Waals surface area contributed by atoms with Crippen molar-refractivity contribution in [1.82, 2.24) is 14.5 Å². The van der Waals surface area contributed by atoms with Crippen LogP contribution in [0.5, 0.6) is 5.75 Å². The largest absolute Gasteiger partial charge is 0.496 e. The number of pyridine rings is 1. The van der Waals surface area contributed by atoms with Crippen LogP contribution in [-0.4, -0.2) is 27.6 Å². The molecule has 0 saturated heterocycles. The average Bonchev–Trinajstić information content (AvgIpc) is 3.04. The SMILES string of the molecule is COc1ccccc1C(=O)Nc1ccc2nc(-c3ccc(F)cc3)n(C)c2n1. The number of hydrogen-bond donors (Lipinski definition) is 1. The van der Waals surface area contributed by atoms with E-state index in [2.05, 4.69) is 15.3 Å². The highest BCUT2D eigenvalue weighted by molar-refractivity contribution is 6.06. The Kier molecular flexibility index (Phi) is 4.49. The molecule has 0 aliphatic carbocycles. The topological polar surface area (TPSA) is 69.0 Å². The molecule has 28 heavy (non-hydrogen) atoms. The Hall–Kier alpha value is -3.74. The van der Waals surface area contributed by atoms with Crippen molar-refractivity contribution in [2.45, 2.75) is 0 Å². The second kappa shape index (κ2) is 7.11. The minimum atomic E-state index is -0.315. The van der Waals surface area contributed by atoms with E-state index in [1.165, 1.54) is 19.2 Å². The van der Waals surface area contributed by atoms with E-state index in [9.17, 15) is 9.18 Å². The van der Waals surface area contributed by atoms with Gasteiger partial charge in [-0.3, -0.25) is 4.79 Å². The van der Waals surface area contributed by atoms with Gasteiger partial charge in [-0.05, 0) is 48.5 Å². The lowest BCUT2D eigenvalue weighted by Crippen LogP contribution is -2.14. The molecule has 7 heteroatoms. The smallest absolute Gasteiger partial charge is 0.260 e. The minimum absolute atomic E-state index is 0.304. The number of anilines is 1. The second-order valence-corrected chi connectivity index (χ2v) is 6.19. The van der Waals surface area contributed by atoms with Crippen LogP contribution in [-0.2, 0) is 7.05 Å². The lowest BCUT2D eigenvalue weighted by molar-refractivity contribution is 0.102. The molecule has 4 rings (SSSR count). The highest BCUT2D eigenvalue weighted by atomic mass is 19.1. The van der Waals surface area contributed by atoms with Gasteiger partial charge in [0.1, 0.15) is 28.7 Å². The van der Waals surface area contributed by atoms with Crippen molar-refractivity contribution in [3.8, 4) is 17.1 Å².